The molecule has 0 bridgehead atoms. The van der Waals surface area contributed by atoms with Crippen LogP contribution >= 0.6 is 15.9 Å². The van der Waals surface area contributed by atoms with Crippen LogP contribution in [0.4, 0.5) is 4.39 Å². The minimum absolute atomic E-state index is 0.0617. The lowest BCUT2D eigenvalue weighted by Crippen LogP contribution is -2.23. The Balaban J connectivity index is 2.82. The first-order valence-electron chi connectivity index (χ1n) is 3.75. The van der Waals surface area contributed by atoms with E-state index in [0.29, 0.717) is 5.56 Å². The summed E-state index contributed by atoms with van der Waals surface area (Å²) < 4.78 is 13.0. The number of amides is 1. The maximum Gasteiger partial charge on any atom is 0.252 e. The van der Waals surface area contributed by atoms with Crippen molar-refractivity contribution in [3.05, 3.63) is 34.1 Å². The number of nitrogens with zero attached hydrogens (tertiary/aromatic N) is 1. The fraction of sp³-hybridized carbons (Fsp3) is 0.111. The number of hydrogen-bond acceptors (Lipinski definition) is 2. The second kappa shape index (κ2) is 4.72. The van der Waals surface area contributed by atoms with Gasteiger partial charge in [0.15, 0.2) is 0 Å². The predicted molar refractivity (Wildman–Crippen MR) is 52.0 cm³/mol. The number of carbonyl (C=O) groups excluding carboxylic acids is 1. The molecule has 3 nitrogen and oxygen atoms in total. The molecule has 5 heteroatoms. The van der Waals surface area contributed by atoms with Crippen LogP contribution in [0.3, 0.4) is 0 Å². The molecule has 0 aliphatic rings. The molecule has 0 fully saturated rings. The summed E-state index contributed by atoms with van der Waals surface area (Å²) in [6.07, 6.45) is 0. The van der Waals surface area contributed by atoms with Crippen LogP contribution < -0.4 is 5.32 Å². The van der Waals surface area contributed by atoms with Crippen LogP contribution in [0, 0.1) is 17.1 Å². The van der Waals surface area contributed by atoms with Crippen molar-refractivity contribution in [2.45, 2.75) is 0 Å². The Kier molecular flexibility index (Phi) is 3.60. The van der Waals surface area contributed by atoms with Gasteiger partial charge in [0, 0.05) is 5.56 Å². The zero-order valence-electron chi connectivity index (χ0n) is 7.05. The number of carbonyl (C=O) groups is 1. The summed E-state index contributed by atoms with van der Waals surface area (Å²) in [6.45, 7) is -0.0617. The molecule has 0 saturated carbocycles. The van der Waals surface area contributed by atoms with E-state index in [4.69, 9.17) is 5.26 Å². The SMILES string of the molecule is N#CCNC(=O)c1ccc(F)c(Br)c1. The fourth-order valence-corrected chi connectivity index (χ4v) is 1.24. The summed E-state index contributed by atoms with van der Waals surface area (Å²) in [6, 6.07) is 5.68. The van der Waals surface area contributed by atoms with Gasteiger partial charge in [0.2, 0.25) is 0 Å². The van der Waals surface area contributed by atoms with Crippen molar-refractivity contribution in [3.8, 4) is 6.07 Å². The molecule has 0 spiro atoms. The van der Waals surface area contributed by atoms with Gasteiger partial charge in [-0.1, -0.05) is 0 Å². The number of benzene rings is 1. The van der Waals surface area contributed by atoms with Gasteiger partial charge in [-0.3, -0.25) is 4.79 Å². The quantitative estimate of drug-likeness (QED) is 0.822. The highest BCUT2D eigenvalue weighted by atomic mass is 79.9. The number of halogens is 2. The summed E-state index contributed by atoms with van der Waals surface area (Å²) >= 11 is 2.96. The third-order valence-electron chi connectivity index (χ3n) is 1.51. The zero-order chi connectivity index (χ0) is 10.6. The summed E-state index contributed by atoms with van der Waals surface area (Å²) in [5.41, 5.74) is 0.313. The van der Waals surface area contributed by atoms with Crippen molar-refractivity contribution in [1.29, 1.82) is 5.26 Å². The van der Waals surface area contributed by atoms with Crippen LogP contribution in [0.2, 0.25) is 0 Å². The molecular weight excluding hydrogens is 251 g/mol. The Labute approximate surface area is 88.7 Å². The van der Waals surface area contributed by atoms with Gasteiger partial charge in [-0.25, -0.2) is 4.39 Å². The van der Waals surface area contributed by atoms with Crippen LogP contribution in [0.5, 0.6) is 0 Å². The van der Waals surface area contributed by atoms with E-state index >= 15 is 0 Å². The van der Waals surface area contributed by atoms with E-state index in [9.17, 15) is 9.18 Å². The normalized spacial score (nSPS) is 9.21. The van der Waals surface area contributed by atoms with E-state index in [2.05, 4.69) is 21.2 Å². The second-order valence-corrected chi connectivity index (χ2v) is 3.32. The fourth-order valence-electron chi connectivity index (χ4n) is 0.859. The predicted octanol–water partition coefficient (Wildman–Crippen LogP) is 1.84. The van der Waals surface area contributed by atoms with E-state index in [0.717, 1.165) is 0 Å². The number of hydrogen-bond donors (Lipinski definition) is 1. The molecule has 0 unspecified atom stereocenters. The average Bonchev–Trinajstić information content (AvgIpc) is 2.18. The summed E-state index contributed by atoms with van der Waals surface area (Å²) in [5.74, 6) is -0.825. The standard InChI is InChI=1S/C9H6BrFN2O/c10-7-5-6(1-2-8(7)11)9(14)13-4-3-12/h1-2,5H,4H2,(H,13,14). The molecule has 14 heavy (non-hydrogen) atoms. The highest BCUT2D eigenvalue weighted by molar-refractivity contribution is 9.10. The van der Waals surface area contributed by atoms with Gasteiger partial charge >= 0.3 is 0 Å². The molecule has 1 aromatic rings. The Hall–Kier alpha value is -1.41. The van der Waals surface area contributed by atoms with Gasteiger partial charge in [0.05, 0.1) is 10.5 Å². The monoisotopic (exact) mass is 256 g/mol. The first-order chi connectivity index (χ1) is 6.65. The lowest BCUT2D eigenvalue weighted by molar-refractivity contribution is 0.0958. The zero-order valence-corrected chi connectivity index (χ0v) is 8.64. The topological polar surface area (TPSA) is 52.9 Å². The lowest BCUT2D eigenvalue weighted by Gasteiger charge is -2.01. The van der Waals surface area contributed by atoms with E-state index in [1.165, 1.54) is 18.2 Å². The third kappa shape index (κ3) is 2.54. The van der Waals surface area contributed by atoms with E-state index in [-0.39, 0.29) is 11.0 Å². The Morgan fingerprint density at radius 2 is 2.36 bits per heavy atom. The van der Waals surface area contributed by atoms with Gasteiger partial charge in [0.25, 0.3) is 5.91 Å². The van der Waals surface area contributed by atoms with E-state index < -0.39 is 11.7 Å². The number of nitriles is 1. The molecule has 0 radical (unpaired) electrons. The van der Waals surface area contributed by atoms with Crippen LogP contribution in [-0.4, -0.2) is 12.5 Å². The molecule has 0 heterocycles. The molecule has 0 aromatic heterocycles. The minimum atomic E-state index is -0.429. The molecule has 72 valence electrons. The number of rotatable bonds is 2. The molecule has 1 rings (SSSR count). The van der Waals surface area contributed by atoms with Crippen LogP contribution in [-0.2, 0) is 0 Å². The van der Waals surface area contributed by atoms with E-state index in [1.54, 1.807) is 6.07 Å². The van der Waals surface area contributed by atoms with Crippen LogP contribution in [0.1, 0.15) is 10.4 Å². The van der Waals surface area contributed by atoms with Gasteiger partial charge in [0.1, 0.15) is 12.4 Å². The molecule has 0 aliphatic carbocycles. The van der Waals surface area contributed by atoms with Crippen molar-refractivity contribution in [2.75, 3.05) is 6.54 Å². The van der Waals surface area contributed by atoms with Gasteiger partial charge < -0.3 is 5.32 Å². The van der Waals surface area contributed by atoms with Crippen LogP contribution in [0.15, 0.2) is 22.7 Å². The maximum atomic E-state index is 12.8. The van der Waals surface area contributed by atoms with Crippen LogP contribution in [0.25, 0.3) is 0 Å². The number of nitrogens with one attached hydrogen (secondary N) is 1. The highest BCUT2D eigenvalue weighted by Crippen LogP contribution is 2.16. The molecule has 0 atom stereocenters. The molecule has 0 saturated heterocycles. The molecular formula is C9H6BrFN2O. The first kappa shape index (κ1) is 10.7. The Bertz CT molecular complexity index is 400. The molecule has 1 aromatic carbocycles. The minimum Gasteiger partial charge on any atom is -0.339 e. The Morgan fingerprint density at radius 3 is 2.93 bits per heavy atom. The van der Waals surface area contributed by atoms with Crippen molar-refractivity contribution < 1.29 is 9.18 Å². The molecule has 0 aliphatic heterocycles. The largest absolute Gasteiger partial charge is 0.339 e. The second-order valence-electron chi connectivity index (χ2n) is 2.47. The van der Waals surface area contributed by atoms with Gasteiger partial charge in [-0.05, 0) is 34.1 Å². The lowest BCUT2D eigenvalue weighted by atomic mass is 10.2. The molecule has 1 N–H and O–H groups in total. The summed E-state index contributed by atoms with van der Waals surface area (Å²) in [7, 11) is 0. The van der Waals surface area contributed by atoms with Crippen molar-refractivity contribution in [1.82, 2.24) is 5.32 Å². The van der Waals surface area contributed by atoms with Crippen molar-refractivity contribution in [2.24, 2.45) is 0 Å². The van der Waals surface area contributed by atoms with Gasteiger partial charge in [-0.15, -0.1) is 0 Å². The van der Waals surface area contributed by atoms with Gasteiger partial charge in [-0.2, -0.15) is 5.26 Å². The van der Waals surface area contributed by atoms with Crippen molar-refractivity contribution >= 4 is 21.8 Å². The maximum absolute atomic E-state index is 12.8. The summed E-state index contributed by atoms with van der Waals surface area (Å²) in [5, 5.41) is 10.6. The third-order valence-corrected chi connectivity index (χ3v) is 2.12. The van der Waals surface area contributed by atoms with Crippen molar-refractivity contribution in [3.63, 3.8) is 0 Å². The Morgan fingerprint density at radius 1 is 1.64 bits per heavy atom. The molecule has 1 amide bonds. The summed E-state index contributed by atoms with van der Waals surface area (Å²) in [4.78, 5) is 11.3. The highest BCUT2D eigenvalue weighted by Gasteiger charge is 2.07. The first-order valence-corrected chi connectivity index (χ1v) is 4.54. The average molecular weight is 257 g/mol. The van der Waals surface area contributed by atoms with E-state index in [1.807, 2.05) is 0 Å². The smallest absolute Gasteiger partial charge is 0.252 e.